The Labute approximate surface area is 482 Å². The van der Waals surface area contributed by atoms with Gasteiger partial charge in [0.05, 0.1) is 0 Å². The van der Waals surface area contributed by atoms with Crippen LogP contribution in [0.4, 0.5) is 0 Å². The predicted octanol–water partition coefficient (Wildman–Crippen LogP) is 22.6. The van der Waals surface area contributed by atoms with E-state index in [9.17, 15) is 14.4 Å². The number of hydrogen-bond donors (Lipinski definition) is 0. The molecule has 0 aromatic carbocycles. The summed E-state index contributed by atoms with van der Waals surface area (Å²) in [4.78, 5) is 38.3. The van der Waals surface area contributed by atoms with Gasteiger partial charge in [-0.3, -0.25) is 14.4 Å². The lowest BCUT2D eigenvalue weighted by atomic mass is 10.1. The third-order valence-corrected chi connectivity index (χ3v) is 14.0. The topological polar surface area (TPSA) is 78.9 Å². The second-order valence-corrected chi connectivity index (χ2v) is 21.6. The van der Waals surface area contributed by atoms with E-state index < -0.39 is 6.10 Å². The molecule has 0 aliphatic rings. The minimum atomic E-state index is -0.787. The van der Waals surface area contributed by atoms with Gasteiger partial charge < -0.3 is 14.2 Å². The van der Waals surface area contributed by atoms with E-state index in [-0.39, 0.29) is 31.1 Å². The van der Waals surface area contributed by atoms with E-state index >= 15 is 0 Å². The quantitative estimate of drug-likeness (QED) is 0.0261. The van der Waals surface area contributed by atoms with Crippen molar-refractivity contribution in [2.24, 2.45) is 0 Å². The second-order valence-electron chi connectivity index (χ2n) is 21.6. The van der Waals surface area contributed by atoms with Gasteiger partial charge in [-0.15, -0.1) is 0 Å². The number of esters is 3. The number of unbranched alkanes of at least 4 members (excludes halogenated alkanes) is 30. The van der Waals surface area contributed by atoms with Crippen molar-refractivity contribution in [2.45, 2.75) is 316 Å². The van der Waals surface area contributed by atoms with Crippen LogP contribution in [-0.2, 0) is 28.6 Å². The monoisotopic (exact) mass is 1080 g/mol. The first kappa shape index (κ1) is 74.1. The Bertz CT molecular complexity index is 1570. The normalized spacial score (nSPS) is 12.8. The molecule has 0 N–H and O–H groups in total. The fraction of sp³-hybridized carbons (Fsp3) is 0.708. The Morgan fingerprint density at radius 1 is 0.269 bits per heavy atom. The molecule has 78 heavy (non-hydrogen) atoms. The van der Waals surface area contributed by atoms with Crippen LogP contribution in [-0.4, -0.2) is 37.2 Å². The van der Waals surface area contributed by atoms with Gasteiger partial charge in [-0.2, -0.15) is 0 Å². The smallest absolute Gasteiger partial charge is 0.306 e. The van der Waals surface area contributed by atoms with Crippen molar-refractivity contribution < 1.29 is 28.6 Å². The molecule has 0 aromatic rings. The highest BCUT2D eigenvalue weighted by Crippen LogP contribution is 2.16. The number of carbonyl (C=O) groups excluding carboxylic acids is 3. The summed E-state index contributed by atoms with van der Waals surface area (Å²) in [6, 6.07) is 0. The van der Waals surface area contributed by atoms with E-state index in [2.05, 4.69) is 130 Å². The molecule has 0 bridgehead atoms. The van der Waals surface area contributed by atoms with Gasteiger partial charge >= 0.3 is 17.9 Å². The van der Waals surface area contributed by atoms with Crippen LogP contribution in [0.2, 0.25) is 0 Å². The Kier molecular flexibility index (Phi) is 62.3. The first-order chi connectivity index (χ1) is 38.5. The van der Waals surface area contributed by atoms with Gasteiger partial charge in [0, 0.05) is 19.3 Å². The number of rotatable bonds is 59. The van der Waals surface area contributed by atoms with Crippen molar-refractivity contribution in [1.82, 2.24) is 0 Å². The van der Waals surface area contributed by atoms with Gasteiger partial charge in [0.2, 0.25) is 0 Å². The molecule has 0 aromatic heterocycles. The van der Waals surface area contributed by atoms with Crippen LogP contribution < -0.4 is 0 Å². The van der Waals surface area contributed by atoms with Crippen molar-refractivity contribution in [3.8, 4) is 0 Å². The lowest BCUT2D eigenvalue weighted by Gasteiger charge is -2.18. The summed E-state index contributed by atoms with van der Waals surface area (Å²) in [5, 5.41) is 0. The summed E-state index contributed by atoms with van der Waals surface area (Å²) in [6.45, 7) is 6.49. The van der Waals surface area contributed by atoms with Crippen molar-refractivity contribution in [1.29, 1.82) is 0 Å². The molecule has 0 aliphatic carbocycles. The maximum atomic E-state index is 12.9. The van der Waals surface area contributed by atoms with Crippen molar-refractivity contribution >= 4 is 17.9 Å². The van der Waals surface area contributed by atoms with E-state index in [0.717, 1.165) is 116 Å². The SMILES string of the molecule is CC/C=C\C/C=C\C/C=C\C/C=C\C/C=C\C/C=C\C/C=C\CCCCCCCCCCCC(=O)OCC(COC(=O)CCCCCCC/C=C\CCCC)OC(=O)CCCCCCCCC/C=C\CCCCCCCCC. The van der Waals surface area contributed by atoms with E-state index in [1.54, 1.807) is 0 Å². The highest BCUT2D eigenvalue weighted by atomic mass is 16.6. The van der Waals surface area contributed by atoms with Gasteiger partial charge in [0.25, 0.3) is 0 Å². The summed E-state index contributed by atoms with van der Waals surface area (Å²) >= 11 is 0. The van der Waals surface area contributed by atoms with Crippen molar-refractivity contribution in [3.05, 3.63) is 109 Å². The Hall–Kier alpha value is -3.93. The molecule has 0 heterocycles. The molecule has 0 saturated carbocycles. The molecular weight excluding hydrogens is 961 g/mol. The Morgan fingerprint density at radius 3 is 0.833 bits per heavy atom. The fourth-order valence-corrected chi connectivity index (χ4v) is 9.05. The summed E-state index contributed by atoms with van der Waals surface area (Å²) in [5.74, 6) is -0.897. The minimum Gasteiger partial charge on any atom is -0.462 e. The molecular formula is C72H122O6. The van der Waals surface area contributed by atoms with E-state index in [1.165, 1.54) is 154 Å². The van der Waals surface area contributed by atoms with Gasteiger partial charge in [0.1, 0.15) is 13.2 Å². The minimum absolute atomic E-state index is 0.0850. The van der Waals surface area contributed by atoms with Crippen LogP contribution in [0.1, 0.15) is 310 Å². The first-order valence-corrected chi connectivity index (χ1v) is 32.9. The number of hydrogen-bond acceptors (Lipinski definition) is 6. The van der Waals surface area contributed by atoms with Gasteiger partial charge in [-0.25, -0.2) is 0 Å². The molecule has 446 valence electrons. The van der Waals surface area contributed by atoms with Crippen LogP contribution in [0.5, 0.6) is 0 Å². The van der Waals surface area contributed by atoms with E-state index in [0.29, 0.717) is 19.3 Å². The average Bonchev–Trinajstić information content (AvgIpc) is 3.44. The predicted molar refractivity (Wildman–Crippen MR) is 339 cm³/mol. The van der Waals surface area contributed by atoms with Gasteiger partial charge in [0.15, 0.2) is 6.10 Å². The van der Waals surface area contributed by atoms with Crippen LogP contribution >= 0.6 is 0 Å². The second kappa shape index (κ2) is 65.6. The van der Waals surface area contributed by atoms with Gasteiger partial charge in [-0.1, -0.05) is 278 Å². The molecule has 0 spiro atoms. The number of allylic oxidation sites excluding steroid dienone is 18. The molecule has 6 heteroatoms. The maximum absolute atomic E-state index is 12.9. The van der Waals surface area contributed by atoms with Crippen molar-refractivity contribution in [3.63, 3.8) is 0 Å². The zero-order valence-electron chi connectivity index (χ0n) is 51.2. The molecule has 1 atom stereocenters. The summed E-state index contributed by atoms with van der Waals surface area (Å²) < 4.78 is 16.9. The third kappa shape index (κ3) is 62.9. The van der Waals surface area contributed by atoms with Crippen molar-refractivity contribution in [2.75, 3.05) is 13.2 Å². The molecule has 0 amide bonds. The average molecular weight is 1080 g/mol. The molecule has 0 rings (SSSR count). The number of carbonyl (C=O) groups is 3. The Morgan fingerprint density at radius 2 is 0.513 bits per heavy atom. The zero-order valence-corrected chi connectivity index (χ0v) is 51.2. The highest BCUT2D eigenvalue weighted by Gasteiger charge is 2.19. The van der Waals surface area contributed by atoms with E-state index in [1.807, 2.05) is 0 Å². The first-order valence-electron chi connectivity index (χ1n) is 32.9. The zero-order chi connectivity index (χ0) is 56.4. The van der Waals surface area contributed by atoms with E-state index in [4.69, 9.17) is 14.2 Å². The van der Waals surface area contributed by atoms with Crippen LogP contribution in [0.15, 0.2) is 109 Å². The summed E-state index contributed by atoms with van der Waals surface area (Å²) in [6.07, 6.45) is 89.6. The summed E-state index contributed by atoms with van der Waals surface area (Å²) in [5.41, 5.74) is 0. The molecule has 0 aliphatic heterocycles. The third-order valence-electron chi connectivity index (χ3n) is 14.0. The molecule has 0 saturated heterocycles. The lowest BCUT2D eigenvalue weighted by molar-refractivity contribution is -0.167. The number of ether oxygens (including phenoxy) is 3. The van der Waals surface area contributed by atoms with Crippen LogP contribution in [0.3, 0.4) is 0 Å². The maximum Gasteiger partial charge on any atom is 0.306 e. The van der Waals surface area contributed by atoms with Gasteiger partial charge in [-0.05, 0) is 122 Å². The highest BCUT2D eigenvalue weighted by molar-refractivity contribution is 5.71. The standard InChI is InChI=1S/C72H122O6/c1-4-7-10-13-16-19-22-24-26-28-30-31-32-33-34-35-36-37-38-39-40-41-42-44-45-47-50-53-56-59-62-65-71(74)77-68-69(67-76-70(73)64-61-58-55-52-49-21-18-15-12-9-6-3)78-72(75)66-63-60-57-54-51-48-46-43-29-27-25-23-20-17-14-11-8-5-2/h7,10,15-16,18-19,24,26-27,29-31,33-34,36-37,39-40,69H,4-6,8-9,11-14,17,20-23,25,28,32,35,38,41-68H2,1-3H3/b10-7-,18-15-,19-16-,26-24-,29-27-,31-30-,34-33-,37-36-,40-39-. The largest absolute Gasteiger partial charge is 0.462 e. The fourth-order valence-electron chi connectivity index (χ4n) is 9.05. The summed E-state index contributed by atoms with van der Waals surface area (Å²) in [7, 11) is 0. The lowest BCUT2D eigenvalue weighted by Crippen LogP contribution is -2.30. The molecule has 0 fully saturated rings. The Balaban J connectivity index is 4.25. The molecule has 1 unspecified atom stereocenters. The molecule has 6 nitrogen and oxygen atoms in total. The van der Waals surface area contributed by atoms with Crippen LogP contribution in [0.25, 0.3) is 0 Å². The molecule has 0 radical (unpaired) electrons. The van der Waals surface area contributed by atoms with Crippen LogP contribution in [0, 0.1) is 0 Å².